The van der Waals surface area contributed by atoms with E-state index in [2.05, 4.69) is 16.8 Å². The number of fused-ring (bicyclic) bond motifs is 1. The largest absolute Gasteiger partial charge is 0.429 e. The van der Waals surface area contributed by atoms with Crippen LogP contribution < -0.4 is 4.74 Å². The third kappa shape index (κ3) is 4.04. The average Bonchev–Trinajstić information content (AvgIpc) is 2.74. The van der Waals surface area contributed by atoms with Crippen molar-refractivity contribution < 1.29 is 13.5 Å². The molecule has 0 aromatic heterocycles. The van der Waals surface area contributed by atoms with Crippen molar-refractivity contribution in [3.63, 3.8) is 0 Å². The van der Waals surface area contributed by atoms with Crippen LogP contribution in [0.25, 0.3) is 0 Å². The molecule has 0 spiro atoms. The predicted octanol–water partition coefficient (Wildman–Crippen LogP) is 5.98. The van der Waals surface area contributed by atoms with Crippen molar-refractivity contribution in [1.29, 1.82) is 0 Å². The van der Waals surface area contributed by atoms with Crippen molar-refractivity contribution in [1.82, 2.24) is 0 Å². The molecule has 1 aliphatic rings. The number of alkyl halides is 2. The van der Waals surface area contributed by atoms with Gasteiger partial charge < -0.3 is 4.74 Å². The third-order valence-corrected chi connectivity index (χ3v) is 4.24. The van der Waals surface area contributed by atoms with Crippen LogP contribution in [0.3, 0.4) is 0 Å². The molecule has 0 bridgehead atoms. The van der Waals surface area contributed by atoms with Crippen LogP contribution in [0.15, 0.2) is 65.3 Å². The Morgan fingerprint density at radius 2 is 1.92 bits per heavy atom. The number of ether oxygens (including phenoxy) is 1. The fourth-order valence-electron chi connectivity index (χ4n) is 2.77. The zero-order chi connectivity index (χ0) is 18.0. The van der Waals surface area contributed by atoms with E-state index in [-0.39, 0.29) is 11.8 Å². The van der Waals surface area contributed by atoms with Gasteiger partial charge in [0.25, 0.3) is 0 Å². The maximum atomic E-state index is 13.5. The lowest BCUT2D eigenvalue weighted by Gasteiger charge is -2.18. The lowest BCUT2D eigenvalue weighted by atomic mass is 9.92. The minimum atomic E-state index is -3.43. The summed E-state index contributed by atoms with van der Waals surface area (Å²) in [5, 5.41) is 9.36. The maximum absolute atomic E-state index is 13.5. The van der Waals surface area contributed by atoms with Crippen molar-refractivity contribution in [2.75, 3.05) is 0 Å². The van der Waals surface area contributed by atoms with Gasteiger partial charge in [0.15, 0.2) is 0 Å². The van der Waals surface area contributed by atoms with E-state index >= 15 is 0 Å². The van der Waals surface area contributed by atoms with Gasteiger partial charge in [0.05, 0.1) is 6.04 Å². The molecule has 0 fully saturated rings. The standard InChI is InChI=1S/C19H17ClF2N2O/c1-3-19(21,22)25-16-9-6-14-10-12(2)23-24-18(17(14)11-16)13-4-7-15(20)8-5-13/h3-9,11-12,18H,1,10H2,2H3. The summed E-state index contributed by atoms with van der Waals surface area (Å²) < 4.78 is 31.7. The monoisotopic (exact) mass is 362 g/mol. The van der Waals surface area contributed by atoms with Gasteiger partial charge >= 0.3 is 6.11 Å². The van der Waals surface area contributed by atoms with Gasteiger partial charge in [0.2, 0.25) is 0 Å². The highest BCUT2D eigenvalue weighted by molar-refractivity contribution is 6.30. The minimum absolute atomic E-state index is 0.0115. The van der Waals surface area contributed by atoms with Crippen LogP contribution in [0.4, 0.5) is 8.78 Å². The molecule has 1 aliphatic heterocycles. The molecule has 2 atom stereocenters. The molecule has 2 aromatic carbocycles. The normalized spacial score (nSPS) is 19.8. The summed E-state index contributed by atoms with van der Waals surface area (Å²) in [6, 6.07) is 11.8. The molecular formula is C19H17ClF2N2O. The SMILES string of the molecule is C=CC(F)(F)Oc1ccc2c(c1)C(c1ccc(Cl)cc1)N=NC(C)C2. The molecule has 6 heteroatoms. The molecule has 3 rings (SSSR count). The zero-order valence-corrected chi connectivity index (χ0v) is 14.4. The number of hydrogen-bond donors (Lipinski definition) is 0. The molecule has 2 aromatic rings. The molecule has 0 saturated carbocycles. The van der Waals surface area contributed by atoms with Crippen molar-refractivity contribution in [2.45, 2.75) is 31.5 Å². The van der Waals surface area contributed by atoms with Gasteiger partial charge in [-0.05, 0) is 54.3 Å². The van der Waals surface area contributed by atoms with Crippen molar-refractivity contribution in [2.24, 2.45) is 10.2 Å². The van der Waals surface area contributed by atoms with Gasteiger partial charge in [-0.1, -0.05) is 36.4 Å². The Kier molecular flexibility index (Phi) is 4.86. The Hall–Kier alpha value is -2.27. The maximum Gasteiger partial charge on any atom is 0.419 e. The van der Waals surface area contributed by atoms with E-state index in [9.17, 15) is 8.78 Å². The second-order valence-electron chi connectivity index (χ2n) is 5.97. The van der Waals surface area contributed by atoms with Crippen LogP contribution in [-0.2, 0) is 6.42 Å². The second-order valence-corrected chi connectivity index (χ2v) is 6.40. The van der Waals surface area contributed by atoms with E-state index < -0.39 is 12.2 Å². The van der Waals surface area contributed by atoms with Crippen LogP contribution >= 0.6 is 11.6 Å². The van der Waals surface area contributed by atoms with Crippen LogP contribution in [-0.4, -0.2) is 12.2 Å². The van der Waals surface area contributed by atoms with Gasteiger partial charge in [-0.25, -0.2) is 0 Å². The van der Waals surface area contributed by atoms with Gasteiger partial charge in [-0.15, -0.1) is 0 Å². The Bertz CT molecular complexity index is 806. The smallest absolute Gasteiger partial charge is 0.419 e. The van der Waals surface area contributed by atoms with Crippen molar-refractivity contribution >= 4 is 11.6 Å². The Balaban J connectivity index is 2.05. The first-order valence-corrected chi connectivity index (χ1v) is 8.24. The highest BCUT2D eigenvalue weighted by Gasteiger charge is 2.28. The topological polar surface area (TPSA) is 34.0 Å². The van der Waals surface area contributed by atoms with E-state index in [1.54, 1.807) is 24.3 Å². The van der Waals surface area contributed by atoms with E-state index in [1.807, 2.05) is 19.1 Å². The van der Waals surface area contributed by atoms with E-state index in [4.69, 9.17) is 16.3 Å². The molecule has 0 radical (unpaired) electrons. The molecule has 3 nitrogen and oxygen atoms in total. The summed E-state index contributed by atoms with van der Waals surface area (Å²) in [4.78, 5) is 0. The lowest BCUT2D eigenvalue weighted by molar-refractivity contribution is -0.131. The van der Waals surface area contributed by atoms with Gasteiger partial charge in [-0.2, -0.15) is 19.0 Å². The van der Waals surface area contributed by atoms with E-state index in [0.29, 0.717) is 17.5 Å². The molecule has 0 amide bonds. The fraction of sp³-hybridized carbons (Fsp3) is 0.263. The van der Waals surface area contributed by atoms with Crippen molar-refractivity contribution in [3.8, 4) is 5.75 Å². The van der Waals surface area contributed by atoms with Gasteiger partial charge in [0, 0.05) is 11.1 Å². The first-order valence-electron chi connectivity index (χ1n) is 7.86. The molecular weight excluding hydrogens is 346 g/mol. The summed E-state index contributed by atoms with van der Waals surface area (Å²) in [6.07, 6.45) is -2.28. The first-order chi connectivity index (χ1) is 11.9. The number of azo groups is 1. The number of halogens is 3. The van der Waals surface area contributed by atoms with Crippen LogP contribution in [0.2, 0.25) is 5.02 Å². The number of nitrogens with zero attached hydrogens (tertiary/aromatic N) is 2. The van der Waals surface area contributed by atoms with E-state index in [0.717, 1.165) is 16.7 Å². The average molecular weight is 363 g/mol. The first kappa shape index (κ1) is 17.5. The Labute approximate surface area is 150 Å². The summed E-state index contributed by atoms with van der Waals surface area (Å²) >= 11 is 5.95. The lowest BCUT2D eigenvalue weighted by Crippen LogP contribution is -2.21. The highest BCUT2D eigenvalue weighted by Crippen LogP contribution is 2.36. The third-order valence-electron chi connectivity index (χ3n) is 3.98. The Morgan fingerprint density at radius 1 is 1.20 bits per heavy atom. The highest BCUT2D eigenvalue weighted by atomic mass is 35.5. The summed E-state index contributed by atoms with van der Waals surface area (Å²) in [6.45, 7) is 5.06. The molecule has 0 aliphatic carbocycles. The fourth-order valence-corrected chi connectivity index (χ4v) is 2.89. The molecule has 0 saturated heterocycles. The molecule has 0 N–H and O–H groups in total. The number of benzene rings is 2. The second kappa shape index (κ2) is 6.92. The summed E-state index contributed by atoms with van der Waals surface area (Å²) in [5.41, 5.74) is 2.69. The van der Waals surface area contributed by atoms with Gasteiger partial charge in [-0.3, -0.25) is 0 Å². The van der Waals surface area contributed by atoms with Crippen LogP contribution in [0.1, 0.15) is 29.7 Å². The predicted molar refractivity (Wildman–Crippen MR) is 93.5 cm³/mol. The Morgan fingerprint density at radius 3 is 2.60 bits per heavy atom. The quantitative estimate of drug-likeness (QED) is 0.615. The number of rotatable bonds is 4. The summed E-state index contributed by atoms with van der Waals surface area (Å²) in [7, 11) is 0. The minimum Gasteiger partial charge on any atom is -0.429 e. The summed E-state index contributed by atoms with van der Waals surface area (Å²) in [5.74, 6) is 0.0624. The van der Waals surface area contributed by atoms with E-state index in [1.165, 1.54) is 6.07 Å². The molecule has 1 heterocycles. The molecule has 130 valence electrons. The van der Waals surface area contributed by atoms with Crippen LogP contribution in [0, 0.1) is 0 Å². The number of hydrogen-bond acceptors (Lipinski definition) is 3. The van der Waals surface area contributed by atoms with Gasteiger partial charge in [0.1, 0.15) is 11.8 Å². The zero-order valence-electron chi connectivity index (χ0n) is 13.6. The molecule has 2 unspecified atom stereocenters. The molecule has 25 heavy (non-hydrogen) atoms. The van der Waals surface area contributed by atoms with Crippen molar-refractivity contribution in [3.05, 3.63) is 76.8 Å². The van der Waals surface area contributed by atoms with Crippen LogP contribution in [0.5, 0.6) is 5.75 Å².